The molecule has 0 aromatic carbocycles. The Balaban J connectivity index is 3.17. The average molecular weight is 171 g/mol. The molecule has 1 rings (SSSR count). The van der Waals surface area contributed by atoms with Crippen LogP contribution >= 0.6 is 7.37 Å². The van der Waals surface area contributed by atoms with Gasteiger partial charge in [-0.25, -0.2) is 0 Å². The highest BCUT2D eigenvalue weighted by atomic mass is 31.2. The molecule has 11 heavy (non-hydrogen) atoms. The smallest absolute Gasteiger partial charge is 0.244 e. The third-order valence-corrected chi connectivity index (χ3v) is 2.42. The second-order valence-electron chi connectivity index (χ2n) is 2.57. The van der Waals surface area contributed by atoms with Crippen molar-refractivity contribution in [1.29, 1.82) is 0 Å². The molecule has 4 heteroatoms. The van der Waals surface area contributed by atoms with Crippen LogP contribution in [0.5, 0.6) is 0 Å². The van der Waals surface area contributed by atoms with Gasteiger partial charge in [-0.05, 0) is 24.6 Å². The molecular weight excluding hydrogens is 161 g/mol. The molecule has 0 radical (unpaired) electrons. The van der Waals surface area contributed by atoms with E-state index in [4.69, 9.17) is 4.89 Å². The van der Waals surface area contributed by atoms with Gasteiger partial charge in [-0.2, -0.15) is 0 Å². The summed E-state index contributed by atoms with van der Waals surface area (Å²) in [5.41, 5.74) is 1.23. The highest BCUT2D eigenvalue weighted by Gasteiger charge is 2.14. The standard InChI is InChI=1S/C7H10NO2P/c1-6-3-4-8-7(5-6)11(2,9)10/h3-5H,1-2H3,(H,9,10). The van der Waals surface area contributed by atoms with Crippen LogP contribution in [0.15, 0.2) is 18.3 Å². The number of pyridine rings is 1. The lowest BCUT2D eigenvalue weighted by atomic mass is 10.3. The Labute approximate surface area is 65.6 Å². The molecule has 0 aliphatic carbocycles. The molecule has 0 fully saturated rings. The van der Waals surface area contributed by atoms with Gasteiger partial charge in [0.05, 0.1) is 0 Å². The molecule has 1 atom stereocenters. The first kappa shape index (κ1) is 8.44. The van der Waals surface area contributed by atoms with Gasteiger partial charge in [0, 0.05) is 12.9 Å². The predicted octanol–water partition coefficient (Wildman–Crippen LogP) is 0.916. The fraction of sp³-hybridized carbons (Fsp3) is 0.286. The first-order chi connectivity index (χ1) is 5.00. The SMILES string of the molecule is Cc1ccnc(P(C)(=O)O)c1. The van der Waals surface area contributed by atoms with Gasteiger partial charge < -0.3 is 4.89 Å². The van der Waals surface area contributed by atoms with Crippen LogP contribution in [0.1, 0.15) is 5.56 Å². The van der Waals surface area contributed by atoms with Crippen molar-refractivity contribution in [2.24, 2.45) is 0 Å². The summed E-state index contributed by atoms with van der Waals surface area (Å²) in [7, 11) is -3.16. The number of aromatic nitrogens is 1. The lowest BCUT2D eigenvalue weighted by Gasteiger charge is -2.03. The third kappa shape index (κ3) is 2.14. The lowest BCUT2D eigenvalue weighted by molar-refractivity contribution is 0.495. The van der Waals surface area contributed by atoms with E-state index in [1.807, 2.05) is 6.92 Å². The largest absolute Gasteiger partial charge is 0.340 e. The Morgan fingerprint density at radius 3 is 2.64 bits per heavy atom. The number of rotatable bonds is 1. The molecule has 1 aromatic rings. The van der Waals surface area contributed by atoms with Gasteiger partial charge in [-0.15, -0.1) is 0 Å². The van der Waals surface area contributed by atoms with E-state index in [9.17, 15) is 4.57 Å². The van der Waals surface area contributed by atoms with Crippen molar-refractivity contribution >= 4 is 12.8 Å². The molecule has 60 valence electrons. The van der Waals surface area contributed by atoms with Crippen molar-refractivity contribution in [2.75, 3.05) is 6.66 Å². The topological polar surface area (TPSA) is 50.2 Å². The average Bonchev–Trinajstić information content (AvgIpc) is 1.86. The molecule has 0 bridgehead atoms. The van der Waals surface area contributed by atoms with E-state index >= 15 is 0 Å². The molecule has 0 saturated heterocycles. The quantitative estimate of drug-likeness (QED) is 0.639. The van der Waals surface area contributed by atoms with Gasteiger partial charge >= 0.3 is 0 Å². The van der Waals surface area contributed by atoms with Gasteiger partial charge in [-0.1, -0.05) is 0 Å². The van der Waals surface area contributed by atoms with E-state index in [0.717, 1.165) is 5.56 Å². The fourth-order valence-electron chi connectivity index (χ4n) is 0.747. The van der Waals surface area contributed by atoms with Crippen LogP contribution in [0.2, 0.25) is 0 Å². The molecule has 1 heterocycles. The number of hydrogen-bond donors (Lipinski definition) is 1. The van der Waals surface area contributed by atoms with Crippen molar-refractivity contribution in [2.45, 2.75) is 6.92 Å². The normalized spacial score (nSPS) is 15.9. The Kier molecular flexibility index (Phi) is 2.12. The lowest BCUT2D eigenvalue weighted by Crippen LogP contribution is -2.07. The summed E-state index contributed by atoms with van der Waals surface area (Å²) in [5, 5.41) is 0. The minimum atomic E-state index is -3.16. The number of hydrogen-bond acceptors (Lipinski definition) is 2. The first-order valence-electron chi connectivity index (χ1n) is 3.23. The van der Waals surface area contributed by atoms with Crippen LogP contribution in [-0.4, -0.2) is 16.5 Å². The molecule has 0 aliphatic rings. The van der Waals surface area contributed by atoms with E-state index in [0.29, 0.717) is 0 Å². The summed E-state index contributed by atoms with van der Waals surface area (Å²) in [5.74, 6) is 0. The van der Waals surface area contributed by atoms with Gasteiger partial charge in [0.1, 0.15) is 5.44 Å². The second kappa shape index (κ2) is 2.76. The zero-order valence-corrected chi connectivity index (χ0v) is 7.38. The maximum Gasteiger partial charge on any atom is 0.244 e. The summed E-state index contributed by atoms with van der Waals surface area (Å²) >= 11 is 0. The third-order valence-electron chi connectivity index (χ3n) is 1.33. The summed E-state index contributed by atoms with van der Waals surface area (Å²) in [6.07, 6.45) is 1.54. The molecule has 0 aliphatic heterocycles. The van der Waals surface area contributed by atoms with Gasteiger partial charge in [0.25, 0.3) is 0 Å². The van der Waals surface area contributed by atoms with Gasteiger partial charge in [0.2, 0.25) is 7.37 Å². The van der Waals surface area contributed by atoms with Crippen LogP contribution in [0, 0.1) is 6.92 Å². The Morgan fingerprint density at radius 2 is 2.27 bits per heavy atom. The van der Waals surface area contributed by atoms with Crippen molar-refractivity contribution in [3.05, 3.63) is 23.9 Å². The Morgan fingerprint density at radius 1 is 1.64 bits per heavy atom. The van der Waals surface area contributed by atoms with Crippen LogP contribution in [0.4, 0.5) is 0 Å². The van der Waals surface area contributed by atoms with E-state index in [2.05, 4.69) is 4.98 Å². The van der Waals surface area contributed by atoms with Gasteiger partial charge in [-0.3, -0.25) is 9.55 Å². The van der Waals surface area contributed by atoms with E-state index in [1.54, 1.807) is 12.1 Å². The van der Waals surface area contributed by atoms with Crippen molar-refractivity contribution < 1.29 is 9.46 Å². The molecule has 1 aromatic heterocycles. The maximum atomic E-state index is 11.1. The van der Waals surface area contributed by atoms with Gasteiger partial charge in [0.15, 0.2) is 0 Å². The summed E-state index contributed by atoms with van der Waals surface area (Å²) < 4.78 is 11.1. The van der Waals surface area contributed by atoms with E-state index in [-0.39, 0.29) is 5.44 Å². The molecule has 1 unspecified atom stereocenters. The number of nitrogens with zero attached hydrogens (tertiary/aromatic N) is 1. The molecule has 1 N–H and O–H groups in total. The van der Waals surface area contributed by atoms with Crippen LogP contribution < -0.4 is 5.44 Å². The molecule has 3 nitrogen and oxygen atoms in total. The second-order valence-corrected chi connectivity index (χ2v) is 4.79. The summed E-state index contributed by atoms with van der Waals surface area (Å²) in [6, 6.07) is 3.42. The molecule has 0 saturated carbocycles. The minimum absolute atomic E-state index is 0.275. The summed E-state index contributed by atoms with van der Waals surface area (Å²) in [6.45, 7) is 3.15. The maximum absolute atomic E-state index is 11.1. The monoisotopic (exact) mass is 171 g/mol. The molecule has 0 amide bonds. The zero-order chi connectivity index (χ0) is 8.48. The highest BCUT2D eigenvalue weighted by Crippen LogP contribution is 2.32. The first-order valence-corrected chi connectivity index (χ1v) is 5.34. The number of aryl methyl sites for hydroxylation is 1. The predicted molar refractivity (Wildman–Crippen MR) is 44.4 cm³/mol. The highest BCUT2D eigenvalue weighted by molar-refractivity contribution is 7.65. The van der Waals surface area contributed by atoms with Crippen LogP contribution in [0.25, 0.3) is 0 Å². The van der Waals surface area contributed by atoms with Crippen LogP contribution in [-0.2, 0) is 4.57 Å². The zero-order valence-electron chi connectivity index (χ0n) is 6.48. The van der Waals surface area contributed by atoms with Crippen LogP contribution in [0.3, 0.4) is 0 Å². The molecular formula is C7H10NO2P. The molecule has 0 spiro atoms. The van der Waals surface area contributed by atoms with E-state index in [1.165, 1.54) is 12.9 Å². The van der Waals surface area contributed by atoms with Crippen molar-refractivity contribution in [3.8, 4) is 0 Å². The van der Waals surface area contributed by atoms with Crippen molar-refractivity contribution in [3.63, 3.8) is 0 Å². The Bertz CT molecular complexity index is 305. The minimum Gasteiger partial charge on any atom is -0.340 e. The summed E-state index contributed by atoms with van der Waals surface area (Å²) in [4.78, 5) is 12.9. The Hall–Kier alpha value is -0.660. The van der Waals surface area contributed by atoms with E-state index < -0.39 is 7.37 Å². The fourth-order valence-corrected chi connectivity index (χ4v) is 1.47. The van der Waals surface area contributed by atoms with Crippen molar-refractivity contribution in [1.82, 2.24) is 4.98 Å².